The lowest BCUT2D eigenvalue weighted by atomic mass is 10.1. The van der Waals surface area contributed by atoms with Gasteiger partial charge in [0.1, 0.15) is 6.04 Å². The number of benzene rings is 1. The van der Waals surface area contributed by atoms with Crippen molar-refractivity contribution < 1.29 is 23.5 Å². The van der Waals surface area contributed by atoms with Gasteiger partial charge in [0.2, 0.25) is 0 Å². The van der Waals surface area contributed by atoms with Crippen molar-refractivity contribution in [1.29, 1.82) is 0 Å². The maximum atomic E-state index is 12.4. The third kappa shape index (κ3) is 5.55. The molecular weight excluding hydrogens is 392 g/mol. The van der Waals surface area contributed by atoms with Gasteiger partial charge >= 0.3 is 5.97 Å². The first kappa shape index (κ1) is 20.3. The first-order valence-electron chi connectivity index (χ1n) is 8.93. The van der Waals surface area contributed by atoms with Crippen LogP contribution in [0.1, 0.15) is 34.0 Å². The fraction of sp³-hybridized carbons (Fsp3) is 0.190. The van der Waals surface area contributed by atoms with Gasteiger partial charge in [0, 0.05) is 4.88 Å². The summed E-state index contributed by atoms with van der Waals surface area (Å²) in [6.07, 6.45) is 1.36. The van der Waals surface area contributed by atoms with Crippen LogP contribution in [0.2, 0.25) is 0 Å². The predicted octanol–water partition coefficient (Wildman–Crippen LogP) is 2.91. The van der Waals surface area contributed by atoms with Crippen LogP contribution in [0.5, 0.6) is 0 Å². The van der Waals surface area contributed by atoms with Gasteiger partial charge in [0.15, 0.2) is 12.4 Å². The monoisotopic (exact) mass is 412 g/mol. The van der Waals surface area contributed by atoms with E-state index in [9.17, 15) is 14.4 Å². The Bertz CT molecular complexity index is 939. The third-order valence-electron chi connectivity index (χ3n) is 4.06. The Morgan fingerprint density at radius 2 is 1.83 bits per heavy atom. The number of carbonyl (C=O) groups is 3. The van der Waals surface area contributed by atoms with E-state index in [4.69, 9.17) is 9.15 Å². The van der Waals surface area contributed by atoms with Gasteiger partial charge in [-0.25, -0.2) is 4.79 Å². The van der Waals surface area contributed by atoms with Crippen LogP contribution in [0.25, 0.3) is 0 Å². The van der Waals surface area contributed by atoms with Gasteiger partial charge in [0.05, 0.1) is 12.3 Å². The fourth-order valence-electron chi connectivity index (χ4n) is 2.62. The van der Waals surface area contributed by atoms with Crippen LogP contribution in [0.15, 0.2) is 70.7 Å². The molecule has 2 atom stereocenters. The summed E-state index contributed by atoms with van der Waals surface area (Å²) in [4.78, 5) is 37.3. The number of ether oxygens (including phenoxy) is 1. The number of nitrogens with one attached hydrogen (secondary N) is 2. The molecule has 3 rings (SSSR count). The largest absolute Gasteiger partial charge is 0.459 e. The van der Waals surface area contributed by atoms with Crippen LogP contribution >= 0.6 is 11.3 Å². The summed E-state index contributed by atoms with van der Waals surface area (Å²) in [5.41, 5.74) is 0.925. The van der Waals surface area contributed by atoms with Gasteiger partial charge in [-0.1, -0.05) is 36.4 Å². The molecule has 8 heteroatoms. The fourth-order valence-corrected chi connectivity index (χ4v) is 3.42. The lowest BCUT2D eigenvalue weighted by Crippen LogP contribution is -2.41. The van der Waals surface area contributed by atoms with Crippen LogP contribution in [-0.2, 0) is 14.3 Å². The van der Waals surface area contributed by atoms with Gasteiger partial charge in [-0.15, -0.1) is 11.3 Å². The molecule has 2 heterocycles. The van der Waals surface area contributed by atoms with Crippen LogP contribution in [0.3, 0.4) is 0 Å². The molecule has 0 spiro atoms. The van der Waals surface area contributed by atoms with Crippen LogP contribution < -0.4 is 10.6 Å². The second kappa shape index (κ2) is 9.70. The van der Waals surface area contributed by atoms with Gasteiger partial charge in [-0.05, 0) is 36.1 Å². The molecule has 7 nitrogen and oxygen atoms in total. The molecule has 29 heavy (non-hydrogen) atoms. The summed E-state index contributed by atoms with van der Waals surface area (Å²) in [5.74, 6) is -1.60. The van der Waals surface area contributed by atoms with Gasteiger partial charge in [0.25, 0.3) is 11.8 Å². The lowest BCUT2D eigenvalue weighted by Gasteiger charge is -2.18. The predicted molar refractivity (Wildman–Crippen MR) is 107 cm³/mol. The quantitative estimate of drug-likeness (QED) is 0.555. The molecule has 0 fully saturated rings. The number of hydrogen-bond acceptors (Lipinski definition) is 6. The molecule has 0 aliphatic carbocycles. The highest BCUT2D eigenvalue weighted by Crippen LogP contribution is 2.25. The van der Waals surface area contributed by atoms with Crippen molar-refractivity contribution in [3.05, 3.63) is 82.4 Å². The molecule has 0 aliphatic rings. The first-order valence-corrected chi connectivity index (χ1v) is 9.81. The Morgan fingerprint density at radius 3 is 2.48 bits per heavy atom. The van der Waals surface area contributed by atoms with Crippen molar-refractivity contribution in [2.75, 3.05) is 6.61 Å². The third-order valence-corrected chi connectivity index (χ3v) is 4.99. The SMILES string of the molecule is C[C@H](NC(=O)c1ccco1)C(=O)OCC(=O)N[C@@H](c1ccccc1)c1cccs1. The average Bonchev–Trinajstić information content (AvgIpc) is 3.45. The summed E-state index contributed by atoms with van der Waals surface area (Å²) >= 11 is 1.52. The highest BCUT2D eigenvalue weighted by molar-refractivity contribution is 7.10. The lowest BCUT2D eigenvalue weighted by molar-refractivity contribution is -0.150. The van der Waals surface area contributed by atoms with E-state index in [1.807, 2.05) is 47.8 Å². The van der Waals surface area contributed by atoms with E-state index in [1.54, 1.807) is 6.07 Å². The Labute approximate surface area is 171 Å². The molecule has 0 unspecified atom stereocenters. The Morgan fingerprint density at radius 1 is 1.03 bits per heavy atom. The highest BCUT2D eigenvalue weighted by Gasteiger charge is 2.22. The molecule has 150 valence electrons. The van der Waals surface area contributed by atoms with E-state index in [2.05, 4.69) is 10.6 Å². The van der Waals surface area contributed by atoms with Crippen LogP contribution in [0.4, 0.5) is 0 Å². The Hall–Kier alpha value is -3.39. The Balaban J connectivity index is 1.54. The number of hydrogen-bond donors (Lipinski definition) is 2. The maximum Gasteiger partial charge on any atom is 0.328 e. The van der Waals surface area contributed by atoms with Crippen molar-refractivity contribution in [1.82, 2.24) is 10.6 Å². The molecule has 0 saturated carbocycles. The van der Waals surface area contributed by atoms with Crippen molar-refractivity contribution in [3.8, 4) is 0 Å². The van der Waals surface area contributed by atoms with Crippen molar-refractivity contribution >= 4 is 29.1 Å². The average molecular weight is 412 g/mol. The molecule has 0 radical (unpaired) electrons. The highest BCUT2D eigenvalue weighted by atomic mass is 32.1. The number of esters is 1. The summed E-state index contributed by atoms with van der Waals surface area (Å²) in [6.45, 7) is 1.02. The zero-order chi connectivity index (χ0) is 20.6. The minimum Gasteiger partial charge on any atom is -0.459 e. The molecular formula is C21H20N2O5S. The van der Waals surface area contributed by atoms with Crippen LogP contribution in [0, 0.1) is 0 Å². The van der Waals surface area contributed by atoms with Gasteiger partial charge in [-0.3, -0.25) is 9.59 Å². The molecule has 2 amide bonds. The summed E-state index contributed by atoms with van der Waals surface area (Å²) < 4.78 is 10.0. The Kier molecular flexibility index (Phi) is 6.80. The smallest absolute Gasteiger partial charge is 0.328 e. The minimum absolute atomic E-state index is 0.0871. The molecule has 0 aliphatic heterocycles. The van der Waals surface area contributed by atoms with E-state index < -0.39 is 30.4 Å². The van der Waals surface area contributed by atoms with Gasteiger partial charge in [-0.2, -0.15) is 0 Å². The summed E-state index contributed by atoms with van der Waals surface area (Å²) in [5, 5.41) is 7.27. The van der Waals surface area contributed by atoms with E-state index >= 15 is 0 Å². The number of carbonyl (C=O) groups excluding carboxylic acids is 3. The molecule has 2 N–H and O–H groups in total. The molecule has 0 bridgehead atoms. The van der Waals surface area contributed by atoms with Gasteiger partial charge < -0.3 is 19.8 Å². The second-order valence-corrected chi connectivity index (χ2v) is 7.19. The van der Waals surface area contributed by atoms with E-state index in [0.29, 0.717) is 0 Å². The molecule has 0 saturated heterocycles. The maximum absolute atomic E-state index is 12.4. The number of thiophene rings is 1. The number of amides is 2. The zero-order valence-corrected chi connectivity index (χ0v) is 16.5. The normalized spacial score (nSPS) is 12.6. The zero-order valence-electron chi connectivity index (χ0n) is 15.7. The van der Waals surface area contributed by atoms with E-state index in [-0.39, 0.29) is 11.8 Å². The van der Waals surface area contributed by atoms with E-state index in [0.717, 1.165) is 10.4 Å². The van der Waals surface area contributed by atoms with Crippen LogP contribution in [-0.4, -0.2) is 30.4 Å². The minimum atomic E-state index is -0.928. The second-order valence-electron chi connectivity index (χ2n) is 6.21. The van der Waals surface area contributed by atoms with E-state index in [1.165, 1.54) is 30.6 Å². The molecule has 2 aromatic heterocycles. The molecule has 1 aromatic carbocycles. The van der Waals surface area contributed by atoms with Crippen molar-refractivity contribution in [2.45, 2.75) is 19.0 Å². The van der Waals surface area contributed by atoms with Crippen molar-refractivity contribution in [3.63, 3.8) is 0 Å². The number of furan rings is 1. The number of rotatable bonds is 8. The summed E-state index contributed by atoms with van der Waals surface area (Å²) in [7, 11) is 0. The van der Waals surface area contributed by atoms with Crippen molar-refractivity contribution in [2.24, 2.45) is 0 Å². The standard InChI is InChI=1S/C21H20N2O5S/c1-14(22-20(25)16-9-5-11-27-16)21(26)28-13-18(24)23-19(17-10-6-12-29-17)15-7-3-2-4-8-15/h2-12,14,19H,13H2,1H3,(H,22,25)(H,23,24)/t14-,19-/m0/s1. The summed E-state index contributed by atoms with van der Waals surface area (Å²) in [6, 6.07) is 15.2. The molecule has 3 aromatic rings. The first-order chi connectivity index (χ1) is 14.0. The topological polar surface area (TPSA) is 97.6 Å².